The third kappa shape index (κ3) is 2.54. The molecule has 0 spiro atoms. The molecule has 0 saturated heterocycles. The molecule has 1 aliphatic rings. The molecule has 2 atom stereocenters. The molecule has 122 valence electrons. The lowest BCUT2D eigenvalue weighted by Crippen LogP contribution is -2.28. The summed E-state index contributed by atoms with van der Waals surface area (Å²) in [5.74, 6) is 0.338. The van der Waals surface area contributed by atoms with Crippen molar-refractivity contribution in [2.45, 2.75) is 31.8 Å². The standard InChI is InChI=1S/C18H18FN5/c1-2-12-7-9-13(10-8-12)16-11-17(14-5-3-4-6-15(14)19)24-18(20-16)21-22-23-24/h3-10,16-17H,2,11H2,1H3,(H,20,21,23)/t16-,17+/m1/s1. The number of tetrazole rings is 1. The van der Waals surface area contributed by atoms with Crippen molar-refractivity contribution < 1.29 is 4.39 Å². The van der Waals surface area contributed by atoms with Crippen molar-refractivity contribution in [1.29, 1.82) is 0 Å². The Morgan fingerprint density at radius 3 is 2.71 bits per heavy atom. The highest BCUT2D eigenvalue weighted by Gasteiger charge is 2.31. The molecule has 1 aliphatic heterocycles. The van der Waals surface area contributed by atoms with Gasteiger partial charge in [0.25, 0.3) is 0 Å². The fourth-order valence-corrected chi connectivity index (χ4v) is 3.25. The number of benzene rings is 2. The van der Waals surface area contributed by atoms with Crippen LogP contribution in [-0.2, 0) is 6.42 Å². The molecule has 6 heteroatoms. The highest BCUT2D eigenvalue weighted by Crippen LogP contribution is 2.37. The maximum absolute atomic E-state index is 14.3. The Bertz CT molecular complexity index is 843. The Kier molecular flexibility index (Phi) is 3.72. The molecule has 0 amide bonds. The summed E-state index contributed by atoms with van der Waals surface area (Å²) in [6, 6.07) is 15.1. The van der Waals surface area contributed by atoms with E-state index in [0.29, 0.717) is 17.9 Å². The van der Waals surface area contributed by atoms with Crippen LogP contribution in [0.4, 0.5) is 10.3 Å². The highest BCUT2D eigenvalue weighted by molar-refractivity contribution is 5.38. The van der Waals surface area contributed by atoms with Crippen molar-refractivity contribution in [3.05, 3.63) is 71.0 Å². The van der Waals surface area contributed by atoms with Crippen molar-refractivity contribution in [1.82, 2.24) is 20.2 Å². The van der Waals surface area contributed by atoms with Crippen LogP contribution in [-0.4, -0.2) is 20.2 Å². The lowest BCUT2D eigenvalue weighted by Gasteiger charge is -2.31. The third-order valence-corrected chi connectivity index (χ3v) is 4.60. The van der Waals surface area contributed by atoms with Gasteiger partial charge in [-0.1, -0.05) is 54.5 Å². The van der Waals surface area contributed by atoms with E-state index in [9.17, 15) is 4.39 Å². The van der Waals surface area contributed by atoms with E-state index in [0.717, 1.165) is 12.0 Å². The van der Waals surface area contributed by atoms with Gasteiger partial charge in [0.2, 0.25) is 5.95 Å². The van der Waals surface area contributed by atoms with Crippen LogP contribution in [0.5, 0.6) is 0 Å². The molecule has 0 radical (unpaired) electrons. The van der Waals surface area contributed by atoms with Crippen LogP contribution in [0.3, 0.4) is 0 Å². The molecule has 0 bridgehead atoms. The van der Waals surface area contributed by atoms with Gasteiger partial charge in [-0.05, 0) is 40.5 Å². The normalized spacial score (nSPS) is 19.6. The van der Waals surface area contributed by atoms with Crippen molar-refractivity contribution in [3.63, 3.8) is 0 Å². The van der Waals surface area contributed by atoms with Gasteiger partial charge in [-0.3, -0.25) is 0 Å². The molecule has 2 heterocycles. The largest absolute Gasteiger partial charge is 0.346 e. The zero-order valence-electron chi connectivity index (χ0n) is 13.4. The summed E-state index contributed by atoms with van der Waals surface area (Å²) in [6.07, 6.45) is 1.69. The number of rotatable bonds is 3. The number of aromatic nitrogens is 4. The summed E-state index contributed by atoms with van der Waals surface area (Å²) >= 11 is 0. The number of nitrogens with zero attached hydrogens (tertiary/aromatic N) is 4. The van der Waals surface area contributed by atoms with E-state index in [1.165, 1.54) is 11.6 Å². The molecule has 5 nitrogen and oxygen atoms in total. The average Bonchev–Trinajstić information content (AvgIpc) is 3.10. The number of anilines is 1. The summed E-state index contributed by atoms with van der Waals surface area (Å²) in [5, 5.41) is 15.2. The molecule has 1 aromatic heterocycles. The Morgan fingerprint density at radius 1 is 1.17 bits per heavy atom. The van der Waals surface area contributed by atoms with Gasteiger partial charge in [0.1, 0.15) is 5.82 Å². The van der Waals surface area contributed by atoms with Gasteiger partial charge in [-0.25, -0.2) is 9.07 Å². The minimum atomic E-state index is -0.231. The van der Waals surface area contributed by atoms with Gasteiger partial charge in [0, 0.05) is 5.56 Å². The van der Waals surface area contributed by atoms with E-state index >= 15 is 0 Å². The third-order valence-electron chi connectivity index (χ3n) is 4.60. The molecule has 2 aromatic carbocycles. The summed E-state index contributed by atoms with van der Waals surface area (Å²) in [4.78, 5) is 0. The predicted molar refractivity (Wildman–Crippen MR) is 89.2 cm³/mol. The first kappa shape index (κ1) is 14.8. The maximum atomic E-state index is 14.3. The predicted octanol–water partition coefficient (Wildman–Crippen LogP) is 3.52. The molecule has 0 unspecified atom stereocenters. The van der Waals surface area contributed by atoms with Gasteiger partial charge >= 0.3 is 0 Å². The van der Waals surface area contributed by atoms with Crippen LogP contribution in [0, 0.1) is 5.82 Å². The lowest BCUT2D eigenvalue weighted by molar-refractivity contribution is 0.409. The number of aryl methyl sites for hydroxylation is 1. The average molecular weight is 323 g/mol. The van der Waals surface area contributed by atoms with E-state index < -0.39 is 0 Å². The van der Waals surface area contributed by atoms with Gasteiger partial charge in [0.15, 0.2) is 0 Å². The van der Waals surface area contributed by atoms with Crippen LogP contribution in [0.1, 0.15) is 42.1 Å². The van der Waals surface area contributed by atoms with E-state index in [1.54, 1.807) is 16.8 Å². The SMILES string of the molecule is CCc1ccc([C@H]2C[C@@H](c3ccccc3F)n3nnnc3N2)cc1. The second kappa shape index (κ2) is 6.03. The van der Waals surface area contributed by atoms with Crippen LogP contribution in [0.2, 0.25) is 0 Å². The molecule has 24 heavy (non-hydrogen) atoms. The first-order valence-corrected chi connectivity index (χ1v) is 8.14. The minimum Gasteiger partial charge on any atom is -0.346 e. The van der Waals surface area contributed by atoms with Crippen LogP contribution in [0.15, 0.2) is 48.5 Å². The quantitative estimate of drug-likeness (QED) is 0.801. The van der Waals surface area contributed by atoms with E-state index in [4.69, 9.17) is 0 Å². The second-order valence-electron chi connectivity index (χ2n) is 6.01. The summed E-state index contributed by atoms with van der Waals surface area (Å²) in [7, 11) is 0. The zero-order valence-corrected chi connectivity index (χ0v) is 13.4. The van der Waals surface area contributed by atoms with E-state index in [2.05, 4.69) is 52.0 Å². The van der Waals surface area contributed by atoms with Crippen LogP contribution in [0.25, 0.3) is 0 Å². The van der Waals surface area contributed by atoms with Gasteiger partial charge in [0.05, 0.1) is 12.1 Å². The summed E-state index contributed by atoms with van der Waals surface area (Å²) < 4.78 is 16.0. The smallest absolute Gasteiger partial charge is 0.243 e. The molecule has 0 saturated carbocycles. The first-order valence-electron chi connectivity index (χ1n) is 8.14. The molecule has 4 rings (SSSR count). The Balaban J connectivity index is 1.72. The minimum absolute atomic E-state index is 0.0408. The van der Waals surface area contributed by atoms with E-state index in [1.807, 2.05) is 6.07 Å². The fourth-order valence-electron chi connectivity index (χ4n) is 3.25. The number of hydrogen-bond acceptors (Lipinski definition) is 4. The van der Waals surface area contributed by atoms with Crippen LogP contribution >= 0.6 is 0 Å². The fraction of sp³-hybridized carbons (Fsp3) is 0.278. The monoisotopic (exact) mass is 323 g/mol. The molecule has 0 fully saturated rings. The number of hydrogen-bond donors (Lipinski definition) is 1. The van der Waals surface area contributed by atoms with Crippen molar-refractivity contribution >= 4 is 5.95 Å². The Morgan fingerprint density at radius 2 is 1.96 bits per heavy atom. The van der Waals surface area contributed by atoms with Gasteiger partial charge < -0.3 is 5.32 Å². The number of fused-ring (bicyclic) bond motifs is 1. The number of halogens is 1. The van der Waals surface area contributed by atoms with Crippen molar-refractivity contribution in [2.24, 2.45) is 0 Å². The molecule has 1 N–H and O–H groups in total. The van der Waals surface area contributed by atoms with Crippen LogP contribution < -0.4 is 5.32 Å². The molecule has 0 aliphatic carbocycles. The summed E-state index contributed by atoms with van der Waals surface area (Å²) in [6.45, 7) is 2.14. The second-order valence-corrected chi connectivity index (χ2v) is 6.01. The van der Waals surface area contributed by atoms with Crippen molar-refractivity contribution in [3.8, 4) is 0 Å². The first-order chi connectivity index (χ1) is 11.8. The highest BCUT2D eigenvalue weighted by atomic mass is 19.1. The Labute approximate surface area is 139 Å². The van der Waals surface area contributed by atoms with Gasteiger partial charge in [-0.2, -0.15) is 0 Å². The maximum Gasteiger partial charge on any atom is 0.243 e. The zero-order chi connectivity index (χ0) is 16.5. The van der Waals surface area contributed by atoms with Crippen molar-refractivity contribution in [2.75, 3.05) is 5.32 Å². The lowest BCUT2D eigenvalue weighted by atomic mass is 9.92. The Hall–Kier alpha value is -2.76. The molecule has 3 aromatic rings. The van der Waals surface area contributed by atoms with E-state index in [-0.39, 0.29) is 17.9 Å². The molecular weight excluding hydrogens is 305 g/mol. The summed E-state index contributed by atoms with van der Waals surface area (Å²) in [5.41, 5.74) is 3.07. The van der Waals surface area contributed by atoms with Gasteiger partial charge in [-0.15, -0.1) is 0 Å². The topological polar surface area (TPSA) is 55.6 Å². The molecular formula is C18H18FN5. The number of nitrogens with one attached hydrogen (secondary N) is 1.